The predicted octanol–water partition coefficient (Wildman–Crippen LogP) is 2.41. The molecule has 4 heteroatoms. The normalized spacial score (nSPS) is 16.3. The largest absolute Gasteiger partial charge is 0.352 e. The maximum Gasteiger partial charge on any atom is 0.242 e. The van der Waals surface area contributed by atoms with Crippen molar-refractivity contribution >= 4 is 11.8 Å². The second-order valence-corrected chi connectivity index (χ2v) is 6.39. The second kappa shape index (κ2) is 7.43. The highest BCUT2D eigenvalue weighted by atomic mass is 16.2. The van der Waals surface area contributed by atoms with E-state index in [1.54, 1.807) is 6.92 Å². The lowest BCUT2D eigenvalue weighted by Gasteiger charge is -2.18. The molecule has 1 fully saturated rings. The zero-order chi connectivity index (χ0) is 16.1. The Morgan fingerprint density at radius 1 is 1.23 bits per heavy atom. The van der Waals surface area contributed by atoms with E-state index in [9.17, 15) is 9.59 Å². The first-order chi connectivity index (χ1) is 10.5. The summed E-state index contributed by atoms with van der Waals surface area (Å²) in [6.07, 6.45) is 4.77. The second-order valence-electron chi connectivity index (χ2n) is 6.39. The van der Waals surface area contributed by atoms with E-state index < -0.39 is 6.04 Å². The van der Waals surface area contributed by atoms with Gasteiger partial charge in [-0.15, -0.1) is 0 Å². The molecule has 4 nitrogen and oxygen atoms in total. The van der Waals surface area contributed by atoms with Gasteiger partial charge in [-0.25, -0.2) is 0 Å². The van der Waals surface area contributed by atoms with Gasteiger partial charge in [0.2, 0.25) is 11.8 Å². The fourth-order valence-corrected chi connectivity index (χ4v) is 2.92. The molecule has 0 saturated heterocycles. The Morgan fingerprint density at radius 2 is 1.91 bits per heavy atom. The van der Waals surface area contributed by atoms with Crippen LogP contribution in [0.4, 0.5) is 0 Å². The molecule has 0 spiro atoms. The molecule has 1 aliphatic carbocycles. The number of amides is 2. The van der Waals surface area contributed by atoms with Crippen molar-refractivity contribution in [2.24, 2.45) is 0 Å². The summed E-state index contributed by atoms with van der Waals surface area (Å²) in [6.45, 7) is 5.75. The summed E-state index contributed by atoms with van der Waals surface area (Å²) in [5, 5.41) is 5.81. The molecule has 1 saturated carbocycles. The van der Waals surface area contributed by atoms with E-state index in [2.05, 4.69) is 10.6 Å². The first-order valence-electron chi connectivity index (χ1n) is 8.11. The number of nitrogens with one attached hydrogen (secondary N) is 2. The van der Waals surface area contributed by atoms with Crippen LogP contribution in [0.25, 0.3) is 0 Å². The quantitative estimate of drug-likeness (QED) is 0.877. The van der Waals surface area contributed by atoms with Gasteiger partial charge in [0.1, 0.15) is 6.04 Å². The van der Waals surface area contributed by atoms with Gasteiger partial charge >= 0.3 is 0 Å². The Morgan fingerprint density at radius 3 is 2.59 bits per heavy atom. The van der Waals surface area contributed by atoms with E-state index in [-0.39, 0.29) is 17.9 Å². The molecule has 120 valence electrons. The molecule has 1 aliphatic rings. The van der Waals surface area contributed by atoms with Gasteiger partial charge in [0.25, 0.3) is 0 Å². The van der Waals surface area contributed by atoms with Crippen molar-refractivity contribution in [3.8, 4) is 0 Å². The molecule has 0 heterocycles. The van der Waals surface area contributed by atoms with E-state index in [0.717, 1.165) is 29.5 Å². The number of carbonyl (C=O) groups is 2. The van der Waals surface area contributed by atoms with Crippen LogP contribution in [-0.2, 0) is 16.0 Å². The Kier molecular flexibility index (Phi) is 5.58. The van der Waals surface area contributed by atoms with E-state index in [1.807, 2.05) is 32.0 Å². The molecule has 0 radical (unpaired) electrons. The average molecular weight is 302 g/mol. The molecule has 0 bridgehead atoms. The number of carbonyl (C=O) groups excluding carboxylic acids is 2. The zero-order valence-corrected chi connectivity index (χ0v) is 13.7. The lowest BCUT2D eigenvalue weighted by molar-refractivity contribution is -0.128. The van der Waals surface area contributed by atoms with Crippen LogP contribution in [0.15, 0.2) is 18.2 Å². The summed E-state index contributed by atoms with van der Waals surface area (Å²) in [7, 11) is 0. The Labute approximate surface area is 132 Å². The van der Waals surface area contributed by atoms with Crippen LogP contribution in [-0.4, -0.2) is 23.9 Å². The van der Waals surface area contributed by atoms with Crippen molar-refractivity contribution < 1.29 is 9.59 Å². The molecule has 0 aliphatic heterocycles. The molecular formula is C18H26N2O2. The number of aryl methyl sites for hydroxylation is 2. The molecule has 2 N–H and O–H groups in total. The van der Waals surface area contributed by atoms with Crippen LogP contribution in [0.2, 0.25) is 0 Å². The minimum Gasteiger partial charge on any atom is -0.352 e. The number of hydrogen-bond acceptors (Lipinski definition) is 2. The van der Waals surface area contributed by atoms with E-state index in [1.165, 1.54) is 12.8 Å². The monoisotopic (exact) mass is 302 g/mol. The van der Waals surface area contributed by atoms with Crippen LogP contribution >= 0.6 is 0 Å². The fourth-order valence-electron chi connectivity index (χ4n) is 2.92. The molecule has 2 amide bonds. The predicted molar refractivity (Wildman–Crippen MR) is 87.6 cm³/mol. The van der Waals surface area contributed by atoms with E-state index in [0.29, 0.717) is 6.42 Å². The molecule has 22 heavy (non-hydrogen) atoms. The molecule has 0 aromatic heterocycles. The van der Waals surface area contributed by atoms with Crippen LogP contribution in [0, 0.1) is 13.8 Å². The maximum absolute atomic E-state index is 12.1. The van der Waals surface area contributed by atoms with Crippen molar-refractivity contribution in [2.45, 2.75) is 65.0 Å². The Bertz CT molecular complexity index is 548. The SMILES string of the molecule is Cc1ccc(C)c(CC(=O)NC(C)C(=O)NC2CCCC2)c1. The van der Waals surface area contributed by atoms with Crippen LogP contribution in [0.3, 0.4) is 0 Å². The van der Waals surface area contributed by atoms with E-state index >= 15 is 0 Å². The van der Waals surface area contributed by atoms with Gasteiger partial charge in [-0.3, -0.25) is 9.59 Å². The molecule has 1 aromatic carbocycles. The van der Waals surface area contributed by atoms with Gasteiger partial charge in [-0.2, -0.15) is 0 Å². The van der Waals surface area contributed by atoms with Gasteiger partial charge in [0.15, 0.2) is 0 Å². The van der Waals surface area contributed by atoms with Crippen molar-refractivity contribution in [1.29, 1.82) is 0 Å². The van der Waals surface area contributed by atoms with Gasteiger partial charge in [0, 0.05) is 6.04 Å². The van der Waals surface area contributed by atoms with Gasteiger partial charge in [0.05, 0.1) is 6.42 Å². The summed E-state index contributed by atoms with van der Waals surface area (Å²) in [5.74, 6) is -0.191. The third-order valence-electron chi connectivity index (χ3n) is 4.33. The maximum atomic E-state index is 12.1. The fraction of sp³-hybridized carbons (Fsp3) is 0.556. The summed E-state index contributed by atoms with van der Waals surface area (Å²) < 4.78 is 0. The Hall–Kier alpha value is -1.84. The highest BCUT2D eigenvalue weighted by molar-refractivity contribution is 5.88. The van der Waals surface area contributed by atoms with Gasteiger partial charge in [-0.05, 0) is 44.7 Å². The third-order valence-corrected chi connectivity index (χ3v) is 4.33. The first kappa shape index (κ1) is 16.5. The van der Waals surface area contributed by atoms with Crippen molar-refractivity contribution in [3.05, 3.63) is 34.9 Å². The summed E-state index contributed by atoms with van der Waals surface area (Å²) >= 11 is 0. The van der Waals surface area contributed by atoms with Crippen molar-refractivity contribution in [1.82, 2.24) is 10.6 Å². The first-order valence-corrected chi connectivity index (χ1v) is 8.11. The lowest BCUT2D eigenvalue weighted by atomic mass is 10.0. The van der Waals surface area contributed by atoms with Crippen LogP contribution in [0.1, 0.15) is 49.3 Å². The minimum atomic E-state index is -0.488. The smallest absolute Gasteiger partial charge is 0.242 e. The van der Waals surface area contributed by atoms with Crippen LogP contribution < -0.4 is 10.6 Å². The number of benzene rings is 1. The molecule has 1 atom stereocenters. The summed E-state index contributed by atoms with van der Waals surface area (Å²) in [5.41, 5.74) is 3.25. The highest BCUT2D eigenvalue weighted by Crippen LogP contribution is 2.17. The molecule has 1 aromatic rings. The minimum absolute atomic E-state index is 0.0822. The molecular weight excluding hydrogens is 276 g/mol. The molecule has 1 unspecified atom stereocenters. The lowest BCUT2D eigenvalue weighted by Crippen LogP contribution is -2.47. The standard InChI is InChI=1S/C18H26N2O2/c1-12-8-9-13(2)15(10-12)11-17(21)19-14(3)18(22)20-16-6-4-5-7-16/h8-10,14,16H,4-7,11H2,1-3H3,(H,19,21)(H,20,22). The van der Waals surface area contributed by atoms with Crippen molar-refractivity contribution in [3.63, 3.8) is 0 Å². The van der Waals surface area contributed by atoms with Crippen molar-refractivity contribution in [2.75, 3.05) is 0 Å². The van der Waals surface area contributed by atoms with Gasteiger partial charge < -0.3 is 10.6 Å². The zero-order valence-electron chi connectivity index (χ0n) is 13.7. The number of hydrogen-bond donors (Lipinski definition) is 2. The highest BCUT2D eigenvalue weighted by Gasteiger charge is 2.21. The van der Waals surface area contributed by atoms with Crippen LogP contribution in [0.5, 0.6) is 0 Å². The summed E-state index contributed by atoms with van der Waals surface area (Å²) in [4.78, 5) is 24.2. The van der Waals surface area contributed by atoms with Gasteiger partial charge in [-0.1, -0.05) is 36.6 Å². The molecule has 2 rings (SSSR count). The Balaban J connectivity index is 1.85. The number of rotatable bonds is 5. The third kappa shape index (κ3) is 4.58. The summed E-state index contributed by atoms with van der Waals surface area (Å²) in [6, 6.07) is 5.88. The topological polar surface area (TPSA) is 58.2 Å². The average Bonchev–Trinajstić information content (AvgIpc) is 2.95. The van der Waals surface area contributed by atoms with E-state index in [4.69, 9.17) is 0 Å².